The maximum atomic E-state index is 13.1. The molecule has 28 heavy (non-hydrogen) atoms. The highest BCUT2D eigenvalue weighted by Gasteiger charge is 2.25. The van der Waals surface area contributed by atoms with Crippen molar-refractivity contribution in [3.05, 3.63) is 78.0 Å². The second-order valence-electron chi connectivity index (χ2n) is 6.66. The molecule has 1 atom stereocenters. The van der Waals surface area contributed by atoms with E-state index >= 15 is 0 Å². The molecule has 0 radical (unpaired) electrons. The summed E-state index contributed by atoms with van der Waals surface area (Å²) in [5, 5.41) is 9.39. The Balaban J connectivity index is 1.69. The first-order chi connectivity index (χ1) is 13.6. The van der Waals surface area contributed by atoms with Gasteiger partial charge in [0, 0.05) is 31.0 Å². The highest BCUT2D eigenvalue weighted by Crippen LogP contribution is 2.24. The number of pyridine rings is 2. The highest BCUT2D eigenvalue weighted by atomic mass is 16.2. The van der Waals surface area contributed by atoms with Crippen molar-refractivity contribution >= 4 is 16.8 Å². The molecule has 0 aliphatic rings. The number of hydrogen-bond acceptors (Lipinski definition) is 5. The number of aromatic nitrogens is 5. The first-order valence-corrected chi connectivity index (χ1v) is 9.01. The van der Waals surface area contributed by atoms with E-state index in [1.165, 1.54) is 0 Å². The van der Waals surface area contributed by atoms with Crippen LogP contribution in [0.2, 0.25) is 0 Å². The third-order valence-electron chi connectivity index (χ3n) is 5.02. The second-order valence-corrected chi connectivity index (χ2v) is 6.66. The number of amides is 1. The summed E-state index contributed by atoms with van der Waals surface area (Å²) < 4.78 is 1.69. The molecule has 4 rings (SSSR count). The molecule has 0 spiro atoms. The number of nitrogens with zero attached hydrogens (tertiary/aromatic N) is 6. The van der Waals surface area contributed by atoms with Gasteiger partial charge in [0.1, 0.15) is 0 Å². The Labute approximate surface area is 162 Å². The van der Waals surface area contributed by atoms with Crippen LogP contribution in [-0.2, 0) is 0 Å². The summed E-state index contributed by atoms with van der Waals surface area (Å²) in [6.45, 7) is 3.82. The van der Waals surface area contributed by atoms with Crippen LogP contribution in [0.25, 0.3) is 16.6 Å². The first kappa shape index (κ1) is 17.8. The molecular weight excluding hydrogens is 352 g/mol. The molecule has 1 unspecified atom stereocenters. The fraction of sp³-hybridized carbons (Fsp3) is 0.190. The Morgan fingerprint density at radius 1 is 1.11 bits per heavy atom. The van der Waals surface area contributed by atoms with Crippen molar-refractivity contribution in [2.24, 2.45) is 0 Å². The highest BCUT2D eigenvalue weighted by molar-refractivity contribution is 5.94. The molecule has 140 valence electrons. The molecule has 0 saturated heterocycles. The maximum Gasteiger partial charge on any atom is 0.276 e. The van der Waals surface area contributed by atoms with E-state index in [-0.39, 0.29) is 11.9 Å². The van der Waals surface area contributed by atoms with E-state index in [0.717, 1.165) is 22.2 Å². The lowest BCUT2D eigenvalue weighted by molar-refractivity contribution is 0.0735. The Morgan fingerprint density at radius 2 is 1.93 bits per heavy atom. The zero-order valence-electron chi connectivity index (χ0n) is 15.9. The minimum atomic E-state index is -0.182. The van der Waals surface area contributed by atoms with E-state index in [9.17, 15) is 4.79 Å². The molecule has 7 nitrogen and oxygen atoms in total. The largest absolute Gasteiger partial charge is 0.333 e. The van der Waals surface area contributed by atoms with Crippen molar-refractivity contribution in [2.45, 2.75) is 19.9 Å². The van der Waals surface area contributed by atoms with Crippen molar-refractivity contribution in [1.82, 2.24) is 29.9 Å². The first-order valence-electron chi connectivity index (χ1n) is 9.01. The van der Waals surface area contributed by atoms with Crippen molar-refractivity contribution in [2.75, 3.05) is 7.05 Å². The standard InChI is InChI=1S/C21H20N6O/c1-14(16-7-5-11-22-13-16)26(3)21(28)20-15(2)27(25-24-20)19-10-4-9-18-17(19)8-6-12-23-18/h4-14H,1-3H3. The lowest BCUT2D eigenvalue weighted by Crippen LogP contribution is -2.30. The third-order valence-corrected chi connectivity index (χ3v) is 5.02. The van der Waals surface area contributed by atoms with Gasteiger partial charge >= 0.3 is 0 Å². The van der Waals surface area contributed by atoms with Gasteiger partial charge in [0.05, 0.1) is 22.9 Å². The van der Waals surface area contributed by atoms with Gasteiger partial charge in [-0.25, -0.2) is 4.68 Å². The van der Waals surface area contributed by atoms with Crippen molar-refractivity contribution in [3.63, 3.8) is 0 Å². The fourth-order valence-electron chi connectivity index (χ4n) is 3.22. The van der Waals surface area contributed by atoms with Crippen LogP contribution in [-0.4, -0.2) is 42.8 Å². The lowest BCUT2D eigenvalue weighted by atomic mass is 10.1. The van der Waals surface area contributed by atoms with Gasteiger partial charge in [0.15, 0.2) is 5.69 Å². The minimum absolute atomic E-state index is 0.132. The second kappa shape index (κ2) is 7.19. The molecule has 0 fully saturated rings. The number of fused-ring (bicyclic) bond motifs is 1. The predicted octanol–water partition coefficient (Wildman–Crippen LogP) is 3.35. The van der Waals surface area contributed by atoms with Gasteiger partial charge < -0.3 is 4.90 Å². The van der Waals surface area contributed by atoms with Gasteiger partial charge in [-0.2, -0.15) is 0 Å². The number of benzene rings is 1. The summed E-state index contributed by atoms with van der Waals surface area (Å²) in [5.41, 5.74) is 3.69. The van der Waals surface area contributed by atoms with Crippen LogP contribution in [0, 0.1) is 6.92 Å². The van der Waals surface area contributed by atoms with Crippen LogP contribution < -0.4 is 0 Å². The van der Waals surface area contributed by atoms with Crippen LogP contribution in [0.4, 0.5) is 0 Å². The van der Waals surface area contributed by atoms with E-state index in [2.05, 4.69) is 20.3 Å². The number of hydrogen-bond donors (Lipinski definition) is 0. The Hall–Kier alpha value is -3.61. The zero-order chi connectivity index (χ0) is 19.7. The zero-order valence-corrected chi connectivity index (χ0v) is 15.9. The minimum Gasteiger partial charge on any atom is -0.333 e. The van der Waals surface area contributed by atoms with Crippen molar-refractivity contribution < 1.29 is 4.79 Å². The predicted molar refractivity (Wildman–Crippen MR) is 106 cm³/mol. The van der Waals surface area contributed by atoms with Gasteiger partial charge in [0.2, 0.25) is 0 Å². The monoisotopic (exact) mass is 372 g/mol. The van der Waals surface area contributed by atoms with Crippen molar-refractivity contribution in [1.29, 1.82) is 0 Å². The van der Waals surface area contributed by atoms with Crippen LogP contribution in [0.5, 0.6) is 0 Å². The van der Waals surface area contributed by atoms with Crippen LogP contribution in [0.3, 0.4) is 0 Å². The molecule has 0 aliphatic heterocycles. The summed E-state index contributed by atoms with van der Waals surface area (Å²) in [4.78, 5) is 23.2. The third kappa shape index (κ3) is 3.00. The topological polar surface area (TPSA) is 76.8 Å². The summed E-state index contributed by atoms with van der Waals surface area (Å²) in [5.74, 6) is -0.182. The van der Waals surface area contributed by atoms with E-state index in [1.54, 1.807) is 35.2 Å². The van der Waals surface area contributed by atoms with Crippen LogP contribution >= 0.6 is 0 Å². The molecule has 3 heterocycles. The smallest absolute Gasteiger partial charge is 0.276 e. The Morgan fingerprint density at radius 3 is 2.71 bits per heavy atom. The molecule has 4 aromatic rings. The quantitative estimate of drug-likeness (QED) is 0.549. The number of carbonyl (C=O) groups excluding carboxylic acids is 1. The van der Waals surface area contributed by atoms with E-state index in [4.69, 9.17) is 0 Å². The molecule has 1 amide bonds. The van der Waals surface area contributed by atoms with E-state index < -0.39 is 0 Å². The molecular formula is C21H20N6O. The molecule has 0 saturated carbocycles. The van der Waals surface area contributed by atoms with Gasteiger partial charge in [-0.1, -0.05) is 17.3 Å². The summed E-state index contributed by atoms with van der Waals surface area (Å²) in [7, 11) is 1.76. The maximum absolute atomic E-state index is 13.1. The molecule has 0 aliphatic carbocycles. The SMILES string of the molecule is Cc1c(C(=O)N(C)C(C)c2cccnc2)nnn1-c1cccc2ncccc12. The van der Waals surface area contributed by atoms with Gasteiger partial charge in [0.25, 0.3) is 5.91 Å². The average molecular weight is 372 g/mol. The molecule has 0 N–H and O–H groups in total. The van der Waals surface area contributed by atoms with Gasteiger partial charge in [-0.3, -0.25) is 14.8 Å². The molecule has 1 aromatic carbocycles. The number of carbonyl (C=O) groups is 1. The van der Waals surface area contributed by atoms with Gasteiger partial charge in [-0.15, -0.1) is 5.10 Å². The molecule has 0 bridgehead atoms. The molecule has 3 aromatic heterocycles. The number of rotatable bonds is 4. The summed E-state index contributed by atoms with van der Waals surface area (Å²) >= 11 is 0. The lowest BCUT2D eigenvalue weighted by Gasteiger charge is -2.24. The Kier molecular flexibility index (Phi) is 4.57. The van der Waals surface area contributed by atoms with E-state index in [0.29, 0.717) is 11.4 Å². The van der Waals surface area contributed by atoms with Crippen molar-refractivity contribution in [3.8, 4) is 5.69 Å². The fourth-order valence-corrected chi connectivity index (χ4v) is 3.22. The molecule has 7 heteroatoms. The summed E-state index contributed by atoms with van der Waals surface area (Å²) in [6.07, 6.45) is 5.23. The summed E-state index contributed by atoms with van der Waals surface area (Å²) in [6, 6.07) is 13.4. The average Bonchev–Trinajstić information content (AvgIpc) is 3.13. The normalized spacial score (nSPS) is 12.1. The van der Waals surface area contributed by atoms with Crippen LogP contribution in [0.1, 0.15) is 34.7 Å². The van der Waals surface area contributed by atoms with Gasteiger partial charge in [-0.05, 0) is 49.7 Å². The van der Waals surface area contributed by atoms with E-state index in [1.807, 2.05) is 56.3 Å². The van der Waals surface area contributed by atoms with Crippen LogP contribution in [0.15, 0.2) is 61.1 Å². The Bertz CT molecular complexity index is 1130.